The largest absolute Gasteiger partial charge is 0.386 e. The van der Waals surface area contributed by atoms with Gasteiger partial charge in [0.15, 0.2) is 0 Å². The lowest BCUT2D eigenvalue weighted by molar-refractivity contribution is 0.0991. The fraction of sp³-hybridized carbons (Fsp3) is 0.750. The summed E-state index contributed by atoms with van der Waals surface area (Å²) in [6.45, 7) is 4.16. The lowest BCUT2D eigenvalue weighted by atomic mass is 9.95. The van der Waals surface area contributed by atoms with Crippen molar-refractivity contribution < 1.29 is 5.11 Å². The van der Waals surface area contributed by atoms with E-state index in [1.54, 1.807) is 0 Å². The molecule has 0 fully saturated rings. The van der Waals surface area contributed by atoms with Gasteiger partial charge in [0, 0.05) is 5.38 Å². The van der Waals surface area contributed by atoms with Crippen molar-refractivity contribution in [2.24, 2.45) is 5.92 Å². The first-order valence-electron chi connectivity index (χ1n) is 4.24. The molecule has 1 rings (SSSR count). The predicted octanol–water partition coefficient (Wildman–Crippen LogP) is 2.01. The summed E-state index contributed by atoms with van der Waals surface area (Å²) in [5.41, 5.74) is 0.716. The standard InChI is InChI=1S/C8H14N2OS/c1-3-6(4-2)8(11)7-5-12-10-9-7/h5-6,8,11H,3-4H2,1-2H3. The van der Waals surface area contributed by atoms with Crippen LogP contribution in [0.3, 0.4) is 0 Å². The van der Waals surface area contributed by atoms with Gasteiger partial charge in [0.1, 0.15) is 11.8 Å². The van der Waals surface area contributed by atoms with Gasteiger partial charge in [-0.15, -0.1) is 5.10 Å². The van der Waals surface area contributed by atoms with E-state index in [4.69, 9.17) is 0 Å². The molecular weight excluding hydrogens is 172 g/mol. The minimum absolute atomic E-state index is 0.314. The Labute approximate surface area is 76.6 Å². The van der Waals surface area contributed by atoms with Crippen LogP contribution in [-0.4, -0.2) is 14.7 Å². The average molecular weight is 186 g/mol. The third kappa shape index (κ3) is 2.01. The van der Waals surface area contributed by atoms with Crippen LogP contribution in [0, 0.1) is 5.92 Å². The van der Waals surface area contributed by atoms with Gasteiger partial charge < -0.3 is 5.11 Å². The zero-order valence-corrected chi connectivity index (χ0v) is 8.21. The molecule has 0 saturated carbocycles. The second kappa shape index (κ2) is 4.52. The lowest BCUT2D eigenvalue weighted by Gasteiger charge is -2.17. The third-order valence-corrected chi connectivity index (χ3v) is 2.70. The molecule has 1 aromatic heterocycles. The van der Waals surface area contributed by atoms with Crippen LogP contribution in [0.25, 0.3) is 0 Å². The van der Waals surface area contributed by atoms with Gasteiger partial charge in [0.2, 0.25) is 0 Å². The molecule has 4 heteroatoms. The number of nitrogens with zero attached hydrogens (tertiary/aromatic N) is 2. The molecule has 1 aromatic rings. The zero-order valence-electron chi connectivity index (χ0n) is 7.40. The first-order chi connectivity index (χ1) is 5.79. The van der Waals surface area contributed by atoms with E-state index in [1.807, 2.05) is 5.38 Å². The Balaban J connectivity index is 2.63. The summed E-state index contributed by atoms with van der Waals surface area (Å²) < 4.78 is 3.73. The first-order valence-corrected chi connectivity index (χ1v) is 5.08. The molecule has 0 radical (unpaired) electrons. The molecule has 1 N–H and O–H groups in total. The Bertz CT molecular complexity index is 209. The second-order valence-corrected chi connectivity index (χ2v) is 3.46. The topological polar surface area (TPSA) is 46.0 Å². The summed E-state index contributed by atoms with van der Waals surface area (Å²) >= 11 is 1.29. The van der Waals surface area contributed by atoms with E-state index < -0.39 is 6.10 Å². The molecule has 0 aliphatic rings. The van der Waals surface area contributed by atoms with E-state index in [0.29, 0.717) is 11.6 Å². The molecule has 1 unspecified atom stereocenters. The monoisotopic (exact) mass is 186 g/mol. The molecule has 0 aliphatic carbocycles. The number of aliphatic hydroxyl groups excluding tert-OH is 1. The van der Waals surface area contributed by atoms with Crippen molar-refractivity contribution >= 4 is 11.5 Å². The van der Waals surface area contributed by atoms with Gasteiger partial charge >= 0.3 is 0 Å². The maximum absolute atomic E-state index is 9.77. The van der Waals surface area contributed by atoms with Crippen LogP contribution >= 0.6 is 11.5 Å². The Morgan fingerprint density at radius 2 is 2.17 bits per heavy atom. The molecule has 0 amide bonds. The Kier molecular flexibility index (Phi) is 3.62. The third-order valence-electron chi connectivity index (χ3n) is 2.18. The van der Waals surface area contributed by atoms with E-state index in [0.717, 1.165) is 12.8 Å². The average Bonchev–Trinajstić information content (AvgIpc) is 2.58. The molecule has 0 aliphatic heterocycles. The number of hydrogen-bond acceptors (Lipinski definition) is 4. The number of aliphatic hydroxyl groups is 1. The summed E-state index contributed by atoms with van der Waals surface area (Å²) in [6, 6.07) is 0. The summed E-state index contributed by atoms with van der Waals surface area (Å²) in [5, 5.41) is 15.4. The molecule has 0 aromatic carbocycles. The molecule has 1 heterocycles. The van der Waals surface area contributed by atoms with E-state index in [-0.39, 0.29) is 0 Å². The van der Waals surface area contributed by atoms with Gasteiger partial charge in [-0.1, -0.05) is 31.2 Å². The first kappa shape index (κ1) is 9.61. The van der Waals surface area contributed by atoms with Crippen molar-refractivity contribution in [3.63, 3.8) is 0 Å². The van der Waals surface area contributed by atoms with E-state index in [2.05, 4.69) is 23.4 Å². The molecule has 0 saturated heterocycles. The van der Waals surface area contributed by atoms with Crippen molar-refractivity contribution in [2.75, 3.05) is 0 Å². The fourth-order valence-electron chi connectivity index (χ4n) is 1.28. The summed E-state index contributed by atoms with van der Waals surface area (Å²) in [5.74, 6) is 0.314. The molecule has 68 valence electrons. The van der Waals surface area contributed by atoms with Gasteiger partial charge in [0.05, 0.1) is 0 Å². The Morgan fingerprint density at radius 3 is 2.58 bits per heavy atom. The maximum atomic E-state index is 9.77. The van der Waals surface area contributed by atoms with Crippen LogP contribution in [0.1, 0.15) is 38.5 Å². The minimum atomic E-state index is -0.432. The van der Waals surface area contributed by atoms with E-state index >= 15 is 0 Å². The normalized spacial score (nSPS) is 13.7. The van der Waals surface area contributed by atoms with Gasteiger partial charge in [-0.3, -0.25) is 0 Å². The highest BCUT2D eigenvalue weighted by molar-refractivity contribution is 7.03. The van der Waals surface area contributed by atoms with E-state index in [1.165, 1.54) is 11.5 Å². The van der Waals surface area contributed by atoms with Crippen molar-refractivity contribution in [1.29, 1.82) is 0 Å². The lowest BCUT2D eigenvalue weighted by Crippen LogP contribution is -2.11. The second-order valence-electron chi connectivity index (χ2n) is 2.85. The van der Waals surface area contributed by atoms with E-state index in [9.17, 15) is 5.11 Å². The summed E-state index contributed by atoms with van der Waals surface area (Å²) in [7, 11) is 0. The van der Waals surface area contributed by atoms with Gasteiger partial charge in [-0.2, -0.15) is 0 Å². The van der Waals surface area contributed by atoms with Crippen molar-refractivity contribution in [2.45, 2.75) is 32.8 Å². The summed E-state index contributed by atoms with van der Waals surface area (Å²) in [6.07, 6.45) is 1.53. The molecular formula is C8H14N2OS. The maximum Gasteiger partial charge on any atom is 0.104 e. The Morgan fingerprint density at radius 1 is 1.50 bits per heavy atom. The summed E-state index contributed by atoms with van der Waals surface area (Å²) in [4.78, 5) is 0. The number of aromatic nitrogens is 2. The highest BCUT2D eigenvalue weighted by Gasteiger charge is 2.19. The molecule has 0 bridgehead atoms. The molecule has 3 nitrogen and oxygen atoms in total. The quantitative estimate of drug-likeness (QED) is 0.782. The van der Waals surface area contributed by atoms with Gasteiger partial charge in [0.25, 0.3) is 0 Å². The molecule has 1 atom stereocenters. The molecule has 12 heavy (non-hydrogen) atoms. The van der Waals surface area contributed by atoms with Crippen LogP contribution in [-0.2, 0) is 0 Å². The predicted molar refractivity (Wildman–Crippen MR) is 48.9 cm³/mol. The Hall–Kier alpha value is -0.480. The van der Waals surface area contributed by atoms with Gasteiger partial charge in [-0.05, 0) is 17.5 Å². The fourth-order valence-corrected chi connectivity index (χ4v) is 1.76. The highest BCUT2D eigenvalue weighted by atomic mass is 32.1. The number of hydrogen-bond donors (Lipinski definition) is 1. The molecule has 0 spiro atoms. The highest BCUT2D eigenvalue weighted by Crippen LogP contribution is 2.25. The zero-order chi connectivity index (χ0) is 8.97. The van der Waals surface area contributed by atoms with Gasteiger partial charge in [-0.25, -0.2) is 0 Å². The van der Waals surface area contributed by atoms with Crippen molar-refractivity contribution in [3.05, 3.63) is 11.1 Å². The minimum Gasteiger partial charge on any atom is -0.386 e. The van der Waals surface area contributed by atoms with Crippen LogP contribution < -0.4 is 0 Å². The van der Waals surface area contributed by atoms with Crippen LogP contribution in [0.4, 0.5) is 0 Å². The van der Waals surface area contributed by atoms with Crippen LogP contribution in [0.2, 0.25) is 0 Å². The smallest absolute Gasteiger partial charge is 0.104 e. The van der Waals surface area contributed by atoms with Crippen LogP contribution in [0.15, 0.2) is 5.38 Å². The van der Waals surface area contributed by atoms with Crippen molar-refractivity contribution in [3.8, 4) is 0 Å². The number of rotatable bonds is 4. The SMILES string of the molecule is CCC(CC)C(O)c1csnn1. The van der Waals surface area contributed by atoms with Crippen molar-refractivity contribution in [1.82, 2.24) is 9.59 Å². The van der Waals surface area contributed by atoms with Crippen LogP contribution in [0.5, 0.6) is 0 Å².